The van der Waals surface area contributed by atoms with Crippen molar-refractivity contribution in [3.05, 3.63) is 35.4 Å². The minimum atomic E-state index is -1.05. The number of aryl methyl sites for hydroxylation is 1. The molecule has 1 aromatic carbocycles. The summed E-state index contributed by atoms with van der Waals surface area (Å²) in [5.41, 5.74) is 1.30. The lowest BCUT2D eigenvalue weighted by atomic mass is 9.96. The van der Waals surface area contributed by atoms with Crippen LogP contribution in [-0.2, 0) is 9.53 Å². The number of carbonyl (C=O) groups excluding carboxylic acids is 3. The van der Waals surface area contributed by atoms with Gasteiger partial charge in [-0.05, 0) is 38.8 Å². The molecule has 6 nitrogen and oxygen atoms in total. The van der Waals surface area contributed by atoms with E-state index in [-0.39, 0.29) is 6.04 Å². The van der Waals surface area contributed by atoms with E-state index in [2.05, 4.69) is 10.6 Å². The molecule has 0 saturated heterocycles. The number of carbonyl (C=O) groups is 3. The normalized spacial score (nSPS) is 16.1. The largest absolute Gasteiger partial charge is 0.449 e. The van der Waals surface area contributed by atoms with Crippen LogP contribution < -0.4 is 10.6 Å². The summed E-state index contributed by atoms with van der Waals surface area (Å²) in [6.45, 7) is 3.30. The fourth-order valence-electron chi connectivity index (χ4n) is 2.74. The van der Waals surface area contributed by atoms with Crippen molar-refractivity contribution in [2.24, 2.45) is 0 Å². The first-order valence-electron chi connectivity index (χ1n) is 8.34. The van der Waals surface area contributed by atoms with Gasteiger partial charge in [-0.3, -0.25) is 10.1 Å². The number of benzene rings is 1. The Bertz CT molecular complexity index is 609. The van der Waals surface area contributed by atoms with Crippen LogP contribution >= 0.6 is 0 Å². The summed E-state index contributed by atoms with van der Waals surface area (Å²) in [6, 6.07) is 6.48. The summed E-state index contributed by atoms with van der Waals surface area (Å²) in [7, 11) is 0. The van der Waals surface area contributed by atoms with E-state index >= 15 is 0 Å². The summed E-state index contributed by atoms with van der Waals surface area (Å²) in [4.78, 5) is 35.8. The zero-order valence-corrected chi connectivity index (χ0v) is 14.1. The van der Waals surface area contributed by atoms with Crippen LogP contribution in [0.1, 0.15) is 54.9 Å². The molecule has 0 spiro atoms. The lowest BCUT2D eigenvalue weighted by molar-refractivity contribution is -0.127. The van der Waals surface area contributed by atoms with Gasteiger partial charge in [-0.15, -0.1) is 0 Å². The van der Waals surface area contributed by atoms with Crippen molar-refractivity contribution in [1.82, 2.24) is 10.6 Å². The van der Waals surface area contributed by atoms with Gasteiger partial charge in [-0.2, -0.15) is 0 Å². The lowest BCUT2D eigenvalue weighted by Crippen LogP contribution is -2.48. The molecule has 0 radical (unpaired) electrons. The van der Waals surface area contributed by atoms with Gasteiger partial charge in [0.25, 0.3) is 5.91 Å². The van der Waals surface area contributed by atoms with Crippen LogP contribution in [0.25, 0.3) is 0 Å². The Balaban J connectivity index is 1.80. The quantitative estimate of drug-likeness (QED) is 0.830. The Labute approximate surface area is 142 Å². The zero-order valence-electron chi connectivity index (χ0n) is 14.1. The number of ether oxygens (including phenoxy) is 1. The van der Waals surface area contributed by atoms with Crippen molar-refractivity contribution in [2.45, 2.75) is 58.1 Å². The summed E-state index contributed by atoms with van der Waals surface area (Å²) in [5.74, 6) is -1.22. The molecule has 1 atom stereocenters. The minimum absolute atomic E-state index is 0.108. The third-order valence-electron chi connectivity index (χ3n) is 4.08. The molecule has 0 aromatic heterocycles. The standard InChI is InChI=1S/C18H24N2O4/c1-12-7-6-8-14(11-12)17(22)24-13(2)16(21)20-18(23)19-15-9-4-3-5-10-15/h6-8,11,13,15H,3-5,9-10H2,1-2H3,(H2,19,20,21,23)/t13-/m1/s1. The molecular formula is C18H24N2O4. The molecule has 6 heteroatoms. The van der Waals surface area contributed by atoms with Crippen LogP contribution in [0.4, 0.5) is 4.79 Å². The number of imide groups is 1. The van der Waals surface area contributed by atoms with Crippen molar-refractivity contribution < 1.29 is 19.1 Å². The number of nitrogens with one attached hydrogen (secondary N) is 2. The highest BCUT2D eigenvalue weighted by Crippen LogP contribution is 2.17. The van der Waals surface area contributed by atoms with Crippen molar-refractivity contribution in [3.8, 4) is 0 Å². The maximum atomic E-state index is 12.0. The monoisotopic (exact) mass is 332 g/mol. The fourth-order valence-corrected chi connectivity index (χ4v) is 2.74. The fraction of sp³-hybridized carbons (Fsp3) is 0.500. The third kappa shape index (κ3) is 5.37. The van der Waals surface area contributed by atoms with Crippen LogP contribution in [0.2, 0.25) is 0 Å². The highest BCUT2D eigenvalue weighted by Gasteiger charge is 2.22. The molecule has 0 heterocycles. The summed E-state index contributed by atoms with van der Waals surface area (Å²) in [5, 5.41) is 5.01. The second-order valence-electron chi connectivity index (χ2n) is 6.21. The van der Waals surface area contributed by atoms with E-state index < -0.39 is 24.0 Å². The first-order valence-corrected chi connectivity index (χ1v) is 8.34. The molecule has 0 unspecified atom stereocenters. The smallest absolute Gasteiger partial charge is 0.338 e. The van der Waals surface area contributed by atoms with E-state index in [1.165, 1.54) is 13.3 Å². The van der Waals surface area contributed by atoms with E-state index in [0.29, 0.717) is 5.56 Å². The van der Waals surface area contributed by atoms with Crippen LogP contribution in [-0.4, -0.2) is 30.1 Å². The Hall–Kier alpha value is -2.37. The van der Waals surface area contributed by atoms with Crippen molar-refractivity contribution in [2.75, 3.05) is 0 Å². The summed E-state index contributed by atoms with van der Waals surface area (Å²) in [6.07, 6.45) is 4.17. The number of hydrogen-bond acceptors (Lipinski definition) is 4. The molecule has 0 bridgehead atoms. The van der Waals surface area contributed by atoms with Gasteiger partial charge in [0.15, 0.2) is 6.10 Å². The predicted octanol–water partition coefficient (Wildman–Crippen LogP) is 2.70. The van der Waals surface area contributed by atoms with Gasteiger partial charge in [0.1, 0.15) is 0 Å². The molecule has 2 rings (SSSR count). The maximum absolute atomic E-state index is 12.0. The Morgan fingerprint density at radius 1 is 1.17 bits per heavy atom. The Morgan fingerprint density at radius 3 is 2.54 bits per heavy atom. The van der Waals surface area contributed by atoms with Crippen LogP contribution in [0.3, 0.4) is 0 Å². The number of esters is 1. The molecule has 130 valence electrons. The molecular weight excluding hydrogens is 308 g/mol. The van der Waals surface area contributed by atoms with Gasteiger partial charge >= 0.3 is 12.0 Å². The molecule has 2 N–H and O–H groups in total. The van der Waals surface area contributed by atoms with E-state index in [0.717, 1.165) is 31.2 Å². The van der Waals surface area contributed by atoms with E-state index in [1.807, 2.05) is 13.0 Å². The van der Waals surface area contributed by atoms with Gasteiger partial charge < -0.3 is 10.1 Å². The van der Waals surface area contributed by atoms with Crippen molar-refractivity contribution in [3.63, 3.8) is 0 Å². The number of rotatable bonds is 4. The number of urea groups is 1. The molecule has 1 aromatic rings. The first-order chi connectivity index (χ1) is 11.5. The molecule has 0 aliphatic heterocycles. The average Bonchev–Trinajstić information content (AvgIpc) is 2.55. The van der Waals surface area contributed by atoms with Crippen LogP contribution in [0, 0.1) is 6.92 Å². The van der Waals surface area contributed by atoms with Gasteiger partial charge in [0.05, 0.1) is 5.56 Å². The molecule has 1 fully saturated rings. The van der Waals surface area contributed by atoms with Crippen molar-refractivity contribution >= 4 is 17.9 Å². The van der Waals surface area contributed by atoms with Crippen molar-refractivity contribution in [1.29, 1.82) is 0 Å². The van der Waals surface area contributed by atoms with Gasteiger partial charge in [0.2, 0.25) is 0 Å². The third-order valence-corrected chi connectivity index (χ3v) is 4.08. The SMILES string of the molecule is Cc1cccc(C(=O)O[C@H](C)C(=O)NC(=O)NC2CCCCC2)c1. The van der Waals surface area contributed by atoms with Gasteiger partial charge in [-0.1, -0.05) is 37.0 Å². The molecule has 3 amide bonds. The topological polar surface area (TPSA) is 84.5 Å². The number of hydrogen-bond donors (Lipinski definition) is 2. The lowest BCUT2D eigenvalue weighted by Gasteiger charge is -2.23. The minimum Gasteiger partial charge on any atom is -0.449 e. The van der Waals surface area contributed by atoms with Crippen LogP contribution in [0.5, 0.6) is 0 Å². The van der Waals surface area contributed by atoms with Crippen LogP contribution in [0.15, 0.2) is 24.3 Å². The average molecular weight is 332 g/mol. The highest BCUT2D eigenvalue weighted by molar-refractivity contribution is 5.98. The number of amides is 3. The molecule has 1 saturated carbocycles. The zero-order chi connectivity index (χ0) is 17.5. The summed E-state index contributed by atoms with van der Waals surface area (Å²) < 4.78 is 5.11. The maximum Gasteiger partial charge on any atom is 0.338 e. The predicted molar refractivity (Wildman–Crippen MR) is 89.6 cm³/mol. The summed E-state index contributed by atoms with van der Waals surface area (Å²) >= 11 is 0. The molecule has 1 aliphatic carbocycles. The van der Waals surface area contributed by atoms with E-state index in [1.54, 1.807) is 18.2 Å². The Kier molecular flexibility index (Phi) is 6.35. The second-order valence-corrected chi connectivity index (χ2v) is 6.21. The van der Waals surface area contributed by atoms with Gasteiger partial charge in [-0.25, -0.2) is 9.59 Å². The first kappa shape index (κ1) is 18.0. The molecule has 1 aliphatic rings. The Morgan fingerprint density at radius 2 is 1.88 bits per heavy atom. The second kappa shape index (κ2) is 8.47. The highest BCUT2D eigenvalue weighted by atomic mass is 16.5. The van der Waals surface area contributed by atoms with E-state index in [9.17, 15) is 14.4 Å². The van der Waals surface area contributed by atoms with Gasteiger partial charge in [0, 0.05) is 6.04 Å². The molecule has 24 heavy (non-hydrogen) atoms. The van der Waals surface area contributed by atoms with E-state index in [4.69, 9.17) is 4.74 Å².